The minimum absolute atomic E-state index is 0.219. The smallest absolute Gasteiger partial charge is 0.176 e. The summed E-state index contributed by atoms with van der Waals surface area (Å²) in [7, 11) is 0. The maximum absolute atomic E-state index is 13.8. The number of nitrogens with zero attached hydrogens (tertiary/aromatic N) is 2. The first-order valence-electron chi connectivity index (χ1n) is 14.4. The van der Waals surface area contributed by atoms with E-state index < -0.39 is 0 Å². The molecular formula is C35H38FN5S. The van der Waals surface area contributed by atoms with Crippen molar-refractivity contribution in [3.05, 3.63) is 111 Å². The molecule has 0 bridgehead atoms. The zero-order valence-corrected chi connectivity index (χ0v) is 25.2. The number of aromatic amines is 2. The fourth-order valence-electron chi connectivity index (χ4n) is 5.61. The number of pyridine rings is 1. The number of hydrogen-bond donors (Lipinski definition) is 3. The molecule has 1 fully saturated rings. The van der Waals surface area contributed by atoms with E-state index in [1.54, 1.807) is 12.1 Å². The fraction of sp³-hybridized carbons (Fsp3) is 0.257. The zero-order chi connectivity index (χ0) is 29.6. The van der Waals surface area contributed by atoms with E-state index in [0.29, 0.717) is 0 Å². The van der Waals surface area contributed by atoms with Gasteiger partial charge in [0, 0.05) is 38.8 Å². The third-order valence-corrected chi connectivity index (χ3v) is 8.76. The van der Waals surface area contributed by atoms with Gasteiger partial charge in [0.1, 0.15) is 5.69 Å². The average molecular weight is 580 g/mol. The molecule has 1 saturated carbocycles. The summed E-state index contributed by atoms with van der Waals surface area (Å²) >= 11 is 1.11. The summed E-state index contributed by atoms with van der Waals surface area (Å²) in [5.41, 5.74) is 8.52. The standard InChI is InChI=1S/C35H38FN5S/c1-6-10-29(33-15-16-34(36)42-33)30-19-32(39-25(30)5)35-24(4)31(40-41-35)14-13-22(2)27-18-28(21-37-20-27)38-23(3)17-26-11-8-7-9-12-26/h6,10,13-16,18-21,26,38-40H,1,3-4,7-9,11-12,17H2,2,5H3/b22-13+,29-10+,31-14+. The molecule has 0 aromatic carbocycles. The van der Waals surface area contributed by atoms with Crippen molar-refractivity contribution in [3.8, 4) is 11.4 Å². The van der Waals surface area contributed by atoms with Gasteiger partial charge in [-0.25, -0.2) is 0 Å². The Labute approximate surface area is 251 Å². The molecule has 0 saturated heterocycles. The predicted molar refractivity (Wildman–Crippen MR) is 176 cm³/mol. The fourth-order valence-corrected chi connectivity index (χ4v) is 6.38. The van der Waals surface area contributed by atoms with Gasteiger partial charge in [-0.3, -0.25) is 10.1 Å². The van der Waals surface area contributed by atoms with E-state index in [2.05, 4.69) is 58.2 Å². The molecule has 0 amide bonds. The van der Waals surface area contributed by atoms with Crippen LogP contribution in [0.3, 0.4) is 0 Å². The molecule has 0 radical (unpaired) electrons. The van der Waals surface area contributed by atoms with Crippen molar-refractivity contribution >= 4 is 40.8 Å². The SMILES string of the molecule is C=C/C=C(/c1ccc(F)s1)c1cc(-c2n[nH]/c(=C/C=C(\C)c3cncc(NC(=C)CC4CCCCC4)c3)c2=C)[nH]c1C. The van der Waals surface area contributed by atoms with Crippen LogP contribution in [0, 0.1) is 18.0 Å². The highest BCUT2D eigenvalue weighted by atomic mass is 32.1. The number of aryl methyl sites for hydroxylation is 1. The van der Waals surface area contributed by atoms with Gasteiger partial charge in [-0.1, -0.05) is 70.1 Å². The van der Waals surface area contributed by atoms with Gasteiger partial charge in [0.15, 0.2) is 5.13 Å². The molecule has 0 aliphatic heterocycles. The molecule has 42 heavy (non-hydrogen) atoms. The van der Waals surface area contributed by atoms with Crippen molar-refractivity contribution in [1.82, 2.24) is 20.2 Å². The number of thiophene rings is 1. The minimum Gasteiger partial charge on any atom is -0.358 e. The third-order valence-electron chi connectivity index (χ3n) is 7.86. The lowest BCUT2D eigenvalue weighted by Crippen LogP contribution is -2.21. The molecule has 7 heteroatoms. The Morgan fingerprint density at radius 3 is 2.71 bits per heavy atom. The van der Waals surface area contributed by atoms with Crippen molar-refractivity contribution in [2.45, 2.75) is 52.4 Å². The maximum Gasteiger partial charge on any atom is 0.176 e. The first-order chi connectivity index (χ1) is 20.3. The number of rotatable bonds is 10. The highest BCUT2D eigenvalue weighted by Gasteiger charge is 2.16. The Morgan fingerprint density at radius 2 is 1.98 bits per heavy atom. The van der Waals surface area contributed by atoms with Crippen LogP contribution in [0.1, 0.15) is 67.1 Å². The second-order valence-corrected chi connectivity index (χ2v) is 12.1. The van der Waals surface area contributed by atoms with Gasteiger partial charge in [-0.15, -0.1) is 11.3 Å². The molecule has 4 aromatic rings. The van der Waals surface area contributed by atoms with E-state index in [0.717, 1.165) is 89.9 Å². The summed E-state index contributed by atoms with van der Waals surface area (Å²) in [5.74, 6) is 0.736. The summed E-state index contributed by atoms with van der Waals surface area (Å²) in [6.07, 6.45) is 19.0. The van der Waals surface area contributed by atoms with Crippen LogP contribution in [-0.4, -0.2) is 20.2 Å². The van der Waals surface area contributed by atoms with Gasteiger partial charge in [0.2, 0.25) is 0 Å². The van der Waals surface area contributed by atoms with E-state index in [9.17, 15) is 4.39 Å². The largest absolute Gasteiger partial charge is 0.358 e. The Balaban J connectivity index is 1.34. The minimum atomic E-state index is -0.219. The summed E-state index contributed by atoms with van der Waals surface area (Å²) in [4.78, 5) is 8.73. The lowest BCUT2D eigenvalue weighted by Gasteiger charge is -2.22. The normalized spacial score (nSPS) is 15.3. The van der Waals surface area contributed by atoms with Crippen LogP contribution in [0.4, 0.5) is 10.1 Å². The van der Waals surface area contributed by atoms with E-state index in [4.69, 9.17) is 0 Å². The van der Waals surface area contributed by atoms with Crippen molar-refractivity contribution < 1.29 is 4.39 Å². The molecule has 0 unspecified atom stereocenters. The summed E-state index contributed by atoms with van der Waals surface area (Å²) in [6.45, 7) is 16.5. The highest BCUT2D eigenvalue weighted by Crippen LogP contribution is 2.33. The van der Waals surface area contributed by atoms with Crippen LogP contribution in [-0.2, 0) is 0 Å². The van der Waals surface area contributed by atoms with Crippen LogP contribution >= 0.6 is 11.3 Å². The van der Waals surface area contributed by atoms with Crippen LogP contribution < -0.4 is 15.9 Å². The first-order valence-corrected chi connectivity index (χ1v) is 15.2. The van der Waals surface area contributed by atoms with Crippen molar-refractivity contribution in [1.29, 1.82) is 0 Å². The van der Waals surface area contributed by atoms with Crippen LogP contribution in [0.15, 0.2) is 73.7 Å². The number of aromatic nitrogens is 4. The van der Waals surface area contributed by atoms with Crippen molar-refractivity contribution in [3.63, 3.8) is 0 Å². The summed E-state index contributed by atoms with van der Waals surface area (Å²) in [5, 5.41) is 12.5. The number of anilines is 1. The lowest BCUT2D eigenvalue weighted by molar-refractivity contribution is 0.357. The van der Waals surface area contributed by atoms with E-state index >= 15 is 0 Å². The highest BCUT2D eigenvalue weighted by molar-refractivity contribution is 7.11. The van der Waals surface area contributed by atoms with E-state index in [-0.39, 0.29) is 5.13 Å². The molecule has 5 nitrogen and oxygen atoms in total. The van der Waals surface area contributed by atoms with Crippen LogP contribution in [0.2, 0.25) is 0 Å². The second kappa shape index (κ2) is 13.2. The topological polar surface area (TPSA) is 69.4 Å². The number of H-pyrrole nitrogens is 2. The lowest BCUT2D eigenvalue weighted by atomic mass is 9.86. The monoisotopic (exact) mass is 579 g/mol. The van der Waals surface area contributed by atoms with Gasteiger partial charge in [0.05, 0.1) is 22.9 Å². The Hall–Kier alpha value is -4.23. The second-order valence-electron chi connectivity index (χ2n) is 11.0. The first kappa shape index (κ1) is 29.3. The summed E-state index contributed by atoms with van der Waals surface area (Å²) in [6, 6.07) is 7.42. The molecule has 4 heterocycles. The van der Waals surface area contributed by atoms with Gasteiger partial charge >= 0.3 is 0 Å². The number of hydrogen-bond acceptors (Lipinski definition) is 4. The molecular weight excluding hydrogens is 541 g/mol. The predicted octanol–water partition coefficient (Wildman–Crippen LogP) is 8.12. The average Bonchev–Trinajstić information content (AvgIpc) is 3.69. The molecule has 5 rings (SSSR count). The van der Waals surface area contributed by atoms with Crippen LogP contribution in [0.5, 0.6) is 0 Å². The number of nitrogens with one attached hydrogen (secondary N) is 3. The number of halogens is 1. The Kier molecular flexibility index (Phi) is 9.18. The van der Waals surface area contributed by atoms with Gasteiger partial charge in [-0.2, -0.15) is 9.49 Å². The molecule has 4 aromatic heterocycles. The molecule has 1 aliphatic carbocycles. The molecule has 0 atom stereocenters. The Morgan fingerprint density at radius 1 is 1.17 bits per heavy atom. The van der Waals surface area contributed by atoms with E-state index in [1.807, 2.05) is 43.6 Å². The molecule has 3 N–H and O–H groups in total. The quantitative estimate of drug-likeness (QED) is 0.166. The van der Waals surface area contributed by atoms with Crippen molar-refractivity contribution in [2.24, 2.45) is 5.92 Å². The van der Waals surface area contributed by atoms with E-state index in [1.165, 1.54) is 38.2 Å². The van der Waals surface area contributed by atoms with Crippen LogP contribution in [0.25, 0.3) is 35.2 Å². The van der Waals surface area contributed by atoms with Gasteiger partial charge < -0.3 is 10.3 Å². The third kappa shape index (κ3) is 6.80. The maximum atomic E-state index is 13.8. The molecule has 1 aliphatic rings. The number of allylic oxidation sites excluding steroid dienone is 5. The van der Waals surface area contributed by atoms with Gasteiger partial charge in [0.25, 0.3) is 0 Å². The summed E-state index contributed by atoms with van der Waals surface area (Å²) < 4.78 is 13.8. The Bertz CT molecular complexity index is 1760. The molecule has 0 spiro atoms. The zero-order valence-electron chi connectivity index (χ0n) is 24.4. The molecule has 216 valence electrons. The van der Waals surface area contributed by atoms with Gasteiger partial charge in [-0.05, 0) is 67.7 Å². The van der Waals surface area contributed by atoms with Crippen molar-refractivity contribution in [2.75, 3.05) is 5.32 Å².